The number of nitrogen functional groups attached to an aromatic ring is 1. The van der Waals surface area contributed by atoms with Crippen molar-refractivity contribution in [3.05, 3.63) is 30.0 Å². The molecule has 1 fully saturated rings. The van der Waals surface area contributed by atoms with Gasteiger partial charge < -0.3 is 15.5 Å². The highest BCUT2D eigenvalue weighted by Gasteiger charge is 2.31. The van der Waals surface area contributed by atoms with Crippen LogP contribution >= 0.6 is 0 Å². The lowest BCUT2D eigenvalue weighted by Gasteiger charge is -2.09. The van der Waals surface area contributed by atoms with Crippen LogP contribution in [0.1, 0.15) is 23.4 Å². The summed E-state index contributed by atoms with van der Waals surface area (Å²) in [5.41, 5.74) is 6.83. The summed E-state index contributed by atoms with van der Waals surface area (Å²) in [6, 6.07) is 6.71. The number of sulfone groups is 1. The Labute approximate surface area is 122 Å². The Hall–Kier alpha value is -2.02. The van der Waals surface area contributed by atoms with Gasteiger partial charge in [0.05, 0.1) is 11.0 Å². The molecule has 1 atom stereocenters. The molecule has 1 saturated heterocycles. The maximum Gasteiger partial charge on any atom is 0.287 e. The average Bonchev–Trinajstić information content (AvgIpc) is 2.98. The quantitative estimate of drug-likeness (QED) is 0.833. The summed E-state index contributed by atoms with van der Waals surface area (Å²) in [7, 11) is -3.06. The Bertz CT molecular complexity index is 794. The van der Waals surface area contributed by atoms with E-state index in [1.165, 1.54) is 0 Å². The second-order valence-corrected chi connectivity index (χ2v) is 7.65. The van der Waals surface area contributed by atoms with Gasteiger partial charge in [-0.1, -0.05) is 0 Å². The van der Waals surface area contributed by atoms with E-state index in [2.05, 4.69) is 5.32 Å². The number of carbonyl (C=O) groups is 1. The van der Waals surface area contributed by atoms with Crippen molar-refractivity contribution in [2.75, 3.05) is 18.0 Å². The first-order valence-electron chi connectivity index (χ1n) is 6.74. The molecule has 7 heteroatoms. The van der Waals surface area contributed by atoms with Gasteiger partial charge in [-0.2, -0.15) is 0 Å². The molecule has 1 aromatic heterocycles. The molecule has 0 saturated carbocycles. The Balaban J connectivity index is 1.72. The molecule has 3 N–H and O–H groups in total. The van der Waals surface area contributed by atoms with E-state index in [-0.39, 0.29) is 18.1 Å². The van der Waals surface area contributed by atoms with Crippen LogP contribution in [0.2, 0.25) is 0 Å². The van der Waals surface area contributed by atoms with Gasteiger partial charge in [-0.25, -0.2) is 8.42 Å². The van der Waals surface area contributed by atoms with E-state index in [1.807, 2.05) is 0 Å². The molecule has 0 aliphatic carbocycles. The number of benzene rings is 1. The Kier molecular flexibility index (Phi) is 3.36. The van der Waals surface area contributed by atoms with E-state index in [9.17, 15) is 13.2 Å². The zero-order valence-corrected chi connectivity index (χ0v) is 12.2. The third-order valence-corrected chi connectivity index (χ3v) is 5.99. The molecule has 0 bridgehead atoms. The molecule has 1 unspecified atom stereocenters. The number of fused-ring (bicyclic) bond motifs is 1. The SMILES string of the molecule is Nc1ccc2oc(C(=O)NCC3CCCS3(=O)=O)cc2c1. The summed E-state index contributed by atoms with van der Waals surface area (Å²) in [6.45, 7) is 0.125. The van der Waals surface area contributed by atoms with Gasteiger partial charge in [-0.05, 0) is 37.1 Å². The van der Waals surface area contributed by atoms with Crippen LogP contribution in [0.4, 0.5) is 5.69 Å². The number of amides is 1. The zero-order chi connectivity index (χ0) is 15.0. The molecule has 112 valence electrons. The molecule has 1 aliphatic rings. The second-order valence-electron chi connectivity index (χ2n) is 5.25. The summed E-state index contributed by atoms with van der Waals surface area (Å²) in [4.78, 5) is 12.0. The number of hydrogen-bond acceptors (Lipinski definition) is 5. The monoisotopic (exact) mass is 308 g/mol. The first-order chi connectivity index (χ1) is 9.95. The van der Waals surface area contributed by atoms with E-state index in [0.29, 0.717) is 24.1 Å². The minimum absolute atomic E-state index is 0.125. The predicted molar refractivity (Wildman–Crippen MR) is 79.8 cm³/mol. The summed E-state index contributed by atoms with van der Waals surface area (Å²) in [5, 5.41) is 2.89. The van der Waals surface area contributed by atoms with Gasteiger partial charge in [0.25, 0.3) is 5.91 Å². The fourth-order valence-corrected chi connectivity index (χ4v) is 4.32. The molecule has 1 aliphatic heterocycles. The first kappa shape index (κ1) is 13.9. The van der Waals surface area contributed by atoms with Crippen molar-refractivity contribution in [2.24, 2.45) is 0 Å². The number of rotatable bonds is 3. The number of nitrogens with two attached hydrogens (primary N) is 1. The van der Waals surface area contributed by atoms with Crippen molar-refractivity contribution in [1.82, 2.24) is 5.32 Å². The predicted octanol–water partition coefficient (Wildman–Crippen LogP) is 1.32. The van der Waals surface area contributed by atoms with Crippen molar-refractivity contribution in [3.8, 4) is 0 Å². The van der Waals surface area contributed by atoms with Gasteiger partial charge in [0.2, 0.25) is 0 Å². The second kappa shape index (κ2) is 5.07. The van der Waals surface area contributed by atoms with Gasteiger partial charge in [-0.3, -0.25) is 4.79 Å². The fraction of sp³-hybridized carbons (Fsp3) is 0.357. The lowest BCUT2D eigenvalue weighted by atomic mass is 10.2. The fourth-order valence-electron chi connectivity index (χ4n) is 2.55. The Morgan fingerprint density at radius 3 is 2.90 bits per heavy atom. The van der Waals surface area contributed by atoms with Crippen LogP contribution in [0.5, 0.6) is 0 Å². The zero-order valence-electron chi connectivity index (χ0n) is 11.3. The Morgan fingerprint density at radius 2 is 2.19 bits per heavy atom. The molecule has 2 heterocycles. The lowest BCUT2D eigenvalue weighted by molar-refractivity contribution is 0.0928. The van der Waals surface area contributed by atoms with Crippen LogP contribution < -0.4 is 11.1 Å². The van der Waals surface area contributed by atoms with Crippen molar-refractivity contribution in [3.63, 3.8) is 0 Å². The Morgan fingerprint density at radius 1 is 1.38 bits per heavy atom. The van der Waals surface area contributed by atoms with E-state index < -0.39 is 21.0 Å². The molecule has 1 amide bonds. The van der Waals surface area contributed by atoms with Gasteiger partial charge in [0, 0.05) is 17.6 Å². The van der Waals surface area contributed by atoms with Crippen LogP contribution in [0, 0.1) is 0 Å². The highest BCUT2D eigenvalue weighted by Crippen LogP contribution is 2.22. The molecule has 6 nitrogen and oxygen atoms in total. The average molecular weight is 308 g/mol. The molecule has 3 rings (SSSR count). The third kappa shape index (κ3) is 2.73. The van der Waals surface area contributed by atoms with Crippen LogP contribution in [-0.4, -0.2) is 31.9 Å². The first-order valence-corrected chi connectivity index (χ1v) is 8.46. The maximum atomic E-state index is 12.0. The smallest absolute Gasteiger partial charge is 0.287 e. The maximum absolute atomic E-state index is 12.0. The number of nitrogens with one attached hydrogen (secondary N) is 1. The van der Waals surface area contributed by atoms with Crippen LogP contribution in [0.3, 0.4) is 0 Å². The summed E-state index contributed by atoms with van der Waals surface area (Å²) in [6.07, 6.45) is 1.26. The summed E-state index contributed by atoms with van der Waals surface area (Å²) in [5.74, 6) is -0.0462. The molecule has 1 aromatic carbocycles. The highest BCUT2D eigenvalue weighted by atomic mass is 32.2. The number of furan rings is 1. The van der Waals surface area contributed by atoms with Crippen molar-refractivity contribution in [2.45, 2.75) is 18.1 Å². The van der Waals surface area contributed by atoms with Gasteiger partial charge >= 0.3 is 0 Å². The standard InChI is InChI=1S/C14H16N2O4S/c15-10-3-4-12-9(6-10)7-13(20-12)14(17)16-8-11-2-1-5-21(11,18)19/h3-4,6-7,11H,1-2,5,8,15H2,(H,16,17). The minimum atomic E-state index is -3.06. The number of hydrogen-bond donors (Lipinski definition) is 2. The molecule has 2 aromatic rings. The minimum Gasteiger partial charge on any atom is -0.451 e. The molecular weight excluding hydrogens is 292 g/mol. The van der Waals surface area contributed by atoms with E-state index >= 15 is 0 Å². The number of anilines is 1. The lowest BCUT2D eigenvalue weighted by Crippen LogP contribution is -2.34. The van der Waals surface area contributed by atoms with E-state index in [4.69, 9.17) is 10.2 Å². The molecule has 21 heavy (non-hydrogen) atoms. The number of carbonyl (C=O) groups excluding carboxylic acids is 1. The molecule has 0 spiro atoms. The van der Waals surface area contributed by atoms with Gasteiger partial charge in [0.15, 0.2) is 15.6 Å². The molecule has 0 radical (unpaired) electrons. The summed E-state index contributed by atoms with van der Waals surface area (Å²) >= 11 is 0. The van der Waals surface area contributed by atoms with Gasteiger partial charge in [-0.15, -0.1) is 0 Å². The van der Waals surface area contributed by atoms with Crippen molar-refractivity contribution < 1.29 is 17.6 Å². The van der Waals surface area contributed by atoms with Crippen LogP contribution in [-0.2, 0) is 9.84 Å². The highest BCUT2D eigenvalue weighted by molar-refractivity contribution is 7.92. The van der Waals surface area contributed by atoms with Crippen LogP contribution in [0.15, 0.2) is 28.7 Å². The van der Waals surface area contributed by atoms with E-state index in [1.54, 1.807) is 24.3 Å². The van der Waals surface area contributed by atoms with Crippen LogP contribution in [0.25, 0.3) is 11.0 Å². The normalized spacial score (nSPS) is 20.7. The molecular formula is C14H16N2O4S. The third-order valence-electron chi connectivity index (χ3n) is 3.72. The largest absolute Gasteiger partial charge is 0.451 e. The topological polar surface area (TPSA) is 102 Å². The van der Waals surface area contributed by atoms with Gasteiger partial charge in [0.1, 0.15) is 5.58 Å². The van der Waals surface area contributed by atoms with E-state index in [0.717, 1.165) is 5.39 Å². The van der Waals surface area contributed by atoms with Crippen molar-refractivity contribution >= 4 is 32.4 Å². The van der Waals surface area contributed by atoms with Crippen molar-refractivity contribution in [1.29, 1.82) is 0 Å². The summed E-state index contributed by atoms with van der Waals surface area (Å²) < 4.78 is 28.8.